The van der Waals surface area contributed by atoms with E-state index in [0.29, 0.717) is 0 Å². The number of ketones is 1. The van der Waals surface area contributed by atoms with Crippen molar-refractivity contribution in [1.82, 2.24) is 0 Å². The summed E-state index contributed by atoms with van der Waals surface area (Å²) in [6.07, 6.45) is 2.85. The van der Waals surface area contributed by atoms with Gasteiger partial charge in [-0.1, -0.05) is 25.1 Å². The molecule has 1 aromatic carbocycles. The predicted molar refractivity (Wildman–Crippen MR) is 53.8 cm³/mol. The van der Waals surface area contributed by atoms with E-state index in [2.05, 4.69) is 0 Å². The molecule has 1 aliphatic carbocycles. The van der Waals surface area contributed by atoms with Crippen molar-refractivity contribution in [1.29, 1.82) is 0 Å². The summed E-state index contributed by atoms with van der Waals surface area (Å²) in [5, 5.41) is 0. The van der Waals surface area contributed by atoms with Crippen molar-refractivity contribution in [2.75, 3.05) is 0 Å². The summed E-state index contributed by atoms with van der Waals surface area (Å²) in [5.74, 6) is 0.209. The van der Waals surface area contributed by atoms with Gasteiger partial charge < -0.3 is 0 Å². The Morgan fingerprint density at radius 1 is 1.31 bits per heavy atom. The Bertz CT molecular complexity index is 400. The van der Waals surface area contributed by atoms with Gasteiger partial charge in [0.05, 0.1) is 0 Å². The fourth-order valence-corrected chi connectivity index (χ4v) is 1.75. The minimum Gasteiger partial charge on any atom is -0.289 e. The zero-order valence-corrected chi connectivity index (χ0v) is 7.92. The largest absolute Gasteiger partial charge is 0.289 e. The summed E-state index contributed by atoms with van der Waals surface area (Å²) < 4.78 is 0. The lowest BCUT2D eigenvalue weighted by atomic mass is 10.0. The molecule has 0 spiro atoms. The third-order valence-corrected chi connectivity index (χ3v) is 2.56. The first-order valence-electron chi connectivity index (χ1n) is 4.59. The van der Waals surface area contributed by atoms with E-state index in [1.165, 1.54) is 5.56 Å². The van der Waals surface area contributed by atoms with Gasteiger partial charge in [-0.05, 0) is 30.5 Å². The average molecular weight is 172 g/mol. The number of carbonyl (C=O) groups is 1. The maximum Gasteiger partial charge on any atom is 0.189 e. The standard InChI is InChI=1S/C12H12O/c1-3-9-7-11-8(2)5-4-6-10(11)12(9)13/h4-7H,3H2,1-2H3. The molecule has 0 aliphatic heterocycles. The number of Topliss-reactive ketones (excluding diaryl/α,β-unsaturated/α-hetero) is 1. The van der Waals surface area contributed by atoms with Crippen LogP contribution in [-0.4, -0.2) is 5.78 Å². The van der Waals surface area contributed by atoms with Gasteiger partial charge in [-0.3, -0.25) is 4.79 Å². The second-order valence-electron chi connectivity index (χ2n) is 3.39. The summed E-state index contributed by atoms with van der Waals surface area (Å²) in [7, 11) is 0. The van der Waals surface area contributed by atoms with Crippen LogP contribution in [-0.2, 0) is 0 Å². The van der Waals surface area contributed by atoms with Crippen molar-refractivity contribution in [2.45, 2.75) is 20.3 Å². The van der Waals surface area contributed by atoms with E-state index >= 15 is 0 Å². The van der Waals surface area contributed by atoms with Gasteiger partial charge in [-0.15, -0.1) is 0 Å². The number of aryl methyl sites for hydroxylation is 1. The van der Waals surface area contributed by atoms with Crippen LogP contribution in [0.3, 0.4) is 0 Å². The number of fused-ring (bicyclic) bond motifs is 1. The fraction of sp³-hybridized carbons (Fsp3) is 0.250. The minimum absolute atomic E-state index is 0.209. The lowest BCUT2D eigenvalue weighted by Crippen LogP contribution is -1.97. The molecule has 0 saturated carbocycles. The molecule has 0 aromatic heterocycles. The van der Waals surface area contributed by atoms with Crippen LogP contribution in [0.1, 0.15) is 34.8 Å². The van der Waals surface area contributed by atoms with Gasteiger partial charge in [0.15, 0.2) is 5.78 Å². The van der Waals surface area contributed by atoms with Gasteiger partial charge in [0.25, 0.3) is 0 Å². The SMILES string of the molecule is CCC1=Cc2c(C)cccc2C1=O. The van der Waals surface area contributed by atoms with Crippen molar-refractivity contribution in [3.63, 3.8) is 0 Å². The molecule has 1 heteroatoms. The summed E-state index contributed by atoms with van der Waals surface area (Å²) in [4.78, 5) is 11.7. The Hall–Kier alpha value is -1.37. The van der Waals surface area contributed by atoms with Gasteiger partial charge in [0.1, 0.15) is 0 Å². The zero-order chi connectivity index (χ0) is 9.42. The average Bonchev–Trinajstić information content (AvgIpc) is 2.45. The molecule has 0 unspecified atom stereocenters. The Morgan fingerprint density at radius 3 is 2.69 bits per heavy atom. The van der Waals surface area contributed by atoms with E-state index in [1.54, 1.807) is 0 Å². The fourth-order valence-electron chi connectivity index (χ4n) is 1.75. The molecule has 0 heterocycles. The predicted octanol–water partition coefficient (Wildman–Crippen LogP) is 2.98. The number of carbonyl (C=O) groups excluding carboxylic acids is 1. The molecule has 1 nitrogen and oxygen atoms in total. The van der Waals surface area contributed by atoms with Crippen LogP contribution in [0.15, 0.2) is 23.8 Å². The van der Waals surface area contributed by atoms with Gasteiger partial charge in [-0.25, -0.2) is 0 Å². The van der Waals surface area contributed by atoms with E-state index in [9.17, 15) is 4.79 Å². The van der Waals surface area contributed by atoms with Gasteiger partial charge in [0, 0.05) is 11.1 Å². The molecule has 0 saturated heterocycles. The molecule has 0 fully saturated rings. The van der Waals surface area contributed by atoms with Crippen molar-refractivity contribution in [3.05, 3.63) is 40.5 Å². The maximum absolute atomic E-state index is 11.7. The molecule has 13 heavy (non-hydrogen) atoms. The number of hydrogen-bond donors (Lipinski definition) is 0. The van der Waals surface area contributed by atoms with Crippen LogP contribution in [0.4, 0.5) is 0 Å². The Kier molecular flexibility index (Phi) is 1.80. The van der Waals surface area contributed by atoms with Gasteiger partial charge in [-0.2, -0.15) is 0 Å². The minimum atomic E-state index is 0.209. The lowest BCUT2D eigenvalue weighted by molar-refractivity contribution is 0.103. The van der Waals surface area contributed by atoms with E-state index in [-0.39, 0.29) is 5.78 Å². The van der Waals surface area contributed by atoms with Crippen molar-refractivity contribution in [3.8, 4) is 0 Å². The van der Waals surface area contributed by atoms with E-state index in [0.717, 1.165) is 23.1 Å². The molecule has 66 valence electrons. The van der Waals surface area contributed by atoms with Crippen LogP contribution >= 0.6 is 0 Å². The second kappa shape index (κ2) is 2.84. The highest BCUT2D eigenvalue weighted by Gasteiger charge is 2.21. The van der Waals surface area contributed by atoms with E-state index < -0.39 is 0 Å². The number of hydrogen-bond acceptors (Lipinski definition) is 1. The van der Waals surface area contributed by atoms with E-state index in [4.69, 9.17) is 0 Å². The molecule has 0 atom stereocenters. The van der Waals surface area contributed by atoms with Gasteiger partial charge >= 0.3 is 0 Å². The summed E-state index contributed by atoms with van der Waals surface area (Å²) >= 11 is 0. The third-order valence-electron chi connectivity index (χ3n) is 2.56. The first kappa shape index (κ1) is 8.24. The molecule has 0 N–H and O–H groups in total. The highest BCUT2D eigenvalue weighted by molar-refractivity contribution is 6.18. The highest BCUT2D eigenvalue weighted by Crippen LogP contribution is 2.28. The Morgan fingerprint density at radius 2 is 2.08 bits per heavy atom. The topological polar surface area (TPSA) is 17.1 Å². The number of rotatable bonds is 1. The van der Waals surface area contributed by atoms with Crippen LogP contribution in [0, 0.1) is 6.92 Å². The smallest absolute Gasteiger partial charge is 0.189 e. The first-order valence-corrected chi connectivity index (χ1v) is 4.59. The van der Waals surface area contributed by atoms with Crippen molar-refractivity contribution < 1.29 is 4.79 Å². The van der Waals surface area contributed by atoms with Crippen LogP contribution in [0.5, 0.6) is 0 Å². The number of allylic oxidation sites excluding steroid dienone is 1. The molecule has 0 bridgehead atoms. The second-order valence-corrected chi connectivity index (χ2v) is 3.39. The Balaban J connectivity index is 2.61. The van der Waals surface area contributed by atoms with Crippen LogP contribution in [0.25, 0.3) is 6.08 Å². The monoisotopic (exact) mass is 172 g/mol. The Labute approximate surface area is 78.1 Å². The summed E-state index contributed by atoms with van der Waals surface area (Å²) in [6, 6.07) is 5.89. The third kappa shape index (κ3) is 1.12. The summed E-state index contributed by atoms with van der Waals surface area (Å²) in [5.41, 5.74) is 4.11. The molecular weight excluding hydrogens is 160 g/mol. The molecule has 0 amide bonds. The van der Waals surface area contributed by atoms with Gasteiger partial charge in [0.2, 0.25) is 0 Å². The quantitative estimate of drug-likeness (QED) is 0.636. The first-order chi connectivity index (χ1) is 6.24. The van der Waals surface area contributed by atoms with E-state index in [1.807, 2.05) is 38.1 Å². The van der Waals surface area contributed by atoms with Crippen molar-refractivity contribution in [2.24, 2.45) is 0 Å². The molecule has 2 rings (SSSR count). The normalized spacial score (nSPS) is 14.3. The molecule has 0 radical (unpaired) electrons. The maximum atomic E-state index is 11.7. The lowest BCUT2D eigenvalue weighted by Gasteiger charge is -1.99. The number of benzene rings is 1. The molecule has 1 aromatic rings. The zero-order valence-electron chi connectivity index (χ0n) is 7.92. The highest BCUT2D eigenvalue weighted by atomic mass is 16.1. The molecule has 1 aliphatic rings. The van der Waals surface area contributed by atoms with Crippen molar-refractivity contribution >= 4 is 11.9 Å². The summed E-state index contributed by atoms with van der Waals surface area (Å²) in [6.45, 7) is 4.06. The van der Waals surface area contributed by atoms with Crippen LogP contribution in [0.2, 0.25) is 0 Å². The molecular formula is C12H12O. The van der Waals surface area contributed by atoms with Crippen LogP contribution < -0.4 is 0 Å².